The molecule has 306 valence electrons. The van der Waals surface area contributed by atoms with Crippen molar-refractivity contribution in [2.45, 2.75) is 70.5 Å². The van der Waals surface area contributed by atoms with Crippen molar-refractivity contribution in [2.24, 2.45) is 0 Å². The lowest BCUT2D eigenvalue weighted by Crippen LogP contribution is -2.44. The van der Waals surface area contributed by atoms with Gasteiger partial charge in [0.15, 0.2) is 5.78 Å². The normalized spacial score (nSPS) is 12.3. The number of alkyl carbamates (subject to hydrolysis) is 3. The van der Waals surface area contributed by atoms with Crippen molar-refractivity contribution < 1.29 is 38.2 Å². The summed E-state index contributed by atoms with van der Waals surface area (Å²) in [6, 6.07) is 35.3. The van der Waals surface area contributed by atoms with Crippen molar-refractivity contribution in [1.29, 1.82) is 0 Å². The SMILES string of the molecule is CCC(CN(CCC(=O)CNC(=O)OCc1ccccc1)C(=O)CCCNC(=O)OC(C)(C)CNC(=O)OCC1c2ccccc2-c2ccccc21)c1ccccc1. The van der Waals surface area contributed by atoms with Gasteiger partial charge in [0.1, 0.15) is 18.8 Å². The summed E-state index contributed by atoms with van der Waals surface area (Å²) in [5.74, 6) is -0.400. The Morgan fingerprint density at radius 1 is 0.707 bits per heavy atom. The zero-order chi connectivity index (χ0) is 41.3. The molecule has 0 fully saturated rings. The molecule has 0 spiro atoms. The van der Waals surface area contributed by atoms with Gasteiger partial charge in [-0.2, -0.15) is 0 Å². The van der Waals surface area contributed by atoms with Crippen LogP contribution in [0.3, 0.4) is 0 Å². The lowest BCUT2D eigenvalue weighted by molar-refractivity contribution is -0.132. The molecule has 0 saturated carbocycles. The Labute approximate surface area is 340 Å². The molecule has 12 nitrogen and oxygen atoms in total. The van der Waals surface area contributed by atoms with E-state index in [1.165, 1.54) is 0 Å². The monoisotopic (exact) mass is 790 g/mol. The third-order valence-electron chi connectivity index (χ3n) is 10.1. The van der Waals surface area contributed by atoms with E-state index >= 15 is 0 Å². The van der Waals surface area contributed by atoms with Gasteiger partial charge in [0.25, 0.3) is 0 Å². The van der Waals surface area contributed by atoms with Crippen LogP contribution in [0.2, 0.25) is 0 Å². The van der Waals surface area contributed by atoms with E-state index in [1.54, 1.807) is 18.7 Å². The zero-order valence-corrected chi connectivity index (χ0v) is 33.5. The van der Waals surface area contributed by atoms with Gasteiger partial charge in [-0.3, -0.25) is 9.59 Å². The number of amides is 4. The smallest absolute Gasteiger partial charge is 0.407 e. The Bertz CT molecular complexity index is 1940. The average Bonchev–Trinajstić information content (AvgIpc) is 3.56. The van der Waals surface area contributed by atoms with E-state index in [4.69, 9.17) is 14.2 Å². The molecule has 12 heteroatoms. The third-order valence-corrected chi connectivity index (χ3v) is 10.1. The van der Waals surface area contributed by atoms with Gasteiger partial charge in [-0.1, -0.05) is 116 Å². The summed E-state index contributed by atoms with van der Waals surface area (Å²) < 4.78 is 16.4. The first-order valence-corrected chi connectivity index (χ1v) is 19.9. The molecule has 1 atom stereocenters. The van der Waals surface area contributed by atoms with Gasteiger partial charge < -0.3 is 35.1 Å². The second-order valence-corrected chi connectivity index (χ2v) is 14.9. The number of carbonyl (C=O) groups is 5. The molecule has 0 heterocycles. The van der Waals surface area contributed by atoms with E-state index in [-0.39, 0.29) is 75.8 Å². The van der Waals surface area contributed by atoms with Crippen molar-refractivity contribution in [1.82, 2.24) is 20.9 Å². The van der Waals surface area contributed by atoms with Crippen LogP contribution in [0.1, 0.15) is 80.5 Å². The van der Waals surface area contributed by atoms with Crippen LogP contribution in [0, 0.1) is 0 Å². The number of nitrogens with zero attached hydrogens (tertiary/aromatic N) is 1. The Balaban J connectivity index is 1.03. The molecule has 0 bridgehead atoms. The maximum atomic E-state index is 13.5. The van der Waals surface area contributed by atoms with Crippen LogP contribution >= 0.6 is 0 Å². The van der Waals surface area contributed by atoms with E-state index < -0.39 is 23.9 Å². The highest BCUT2D eigenvalue weighted by Crippen LogP contribution is 2.44. The van der Waals surface area contributed by atoms with Gasteiger partial charge in [0, 0.05) is 44.3 Å². The number of Topliss-reactive ketones (excluding diaryl/α,β-unsaturated/α-hetero) is 1. The summed E-state index contributed by atoms with van der Waals surface area (Å²) in [5.41, 5.74) is 5.38. The number of carbonyl (C=O) groups excluding carboxylic acids is 5. The summed E-state index contributed by atoms with van der Waals surface area (Å²) in [7, 11) is 0. The molecule has 0 aromatic heterocycles. The second-order valence-electron chi connectivity index (χ2n) is 14.9. The number of nitrogens with one attached hydrogen (secondary N) is 3. The van der Waals surface area contributed by atoms with Crippen LogP contribution < -0.4 is 16.0 Å². The molecule has 4 amide bonds. The number of hydrogen-bond donors (Lipinski definition) is 3. The third kappa shape index (κ3) is 12.9. The molecule has 0 radical (unpaired) electrons. The molecule has 58 heavy (non-hydrogen) atoms. The van der Waals surface area contributed by atoms with Crippen LogP contribution in [-0.2, 0) is 30.4 Å². The first-order chi connectivity index (χ1) is 28.0. The maximum Gasteiger partial charge on any atom is 0.407 e. The van der Waals surface area contributed by atoms with Gasteiger partial charge in [0.2, 0.25) is 5.91 Å². The minimum Gasteiger partial charge on any atom is -0.449 e. The lowest BCUT2D eigenvalue weighted by atomic mass is 9.95. The van der Waals surface area contributed by atoms with Crippen molar-refractivity contribution in [3.8, 4) is 11.1 Å². The van der Waals surface area contributed by atoms with Crippen molar-refractivity contribution >= 4 is 30.0 Å². The van der Waals surface area contributed by atoms with E-state index in [0.29, 0.717) is 13.0 Å². The highest BCUT2D eigenvalue weighted by molar-refractivity contribution is 5.85. The fraction of sp³-hybridized carbons (Fsp3) is 0.370. The Morgan fingerprint density at radius 3 is 1.97 bits per heavy atom. The van der Waals surface area contributed by atoms with E-state index in [2.05, 4.69) is 47.1 Å². The highest BCUT2D eigenvalue weighted by atomic mass is 16.6. The molecular formula is C46H54N4O8. The molecule has 4 aromatic rings. The predicted octanol–water partition coefficient (Wildman–Crippen LogP) is 7.72. The summed E-state index contributed by atoms with van der Waals surface area (Å²) in [5, 5.41) is 7.89. The van der Waals surface area contributed by atoms with E-state index in [9.17, 15) is 24.0 Å². The number of fused-ring (bicyclic) bond motifs is 3. The van der Waals surface area contributed by atoms with Crippen molar-refractivity contribution in [2.75, 3.05) is 39.3 Å². The van der Waals surface area contributed by atoms with Crippen LogP contribution in [0.15, 0.2) is 109 Å². The molecule has 1 unspecified atom stereocenters. The number of rotatable bonds is 20. The lowest BCUT2D eigenvalue weighted by Gasteiger charge is -2.28. The first-order valence-electron chi connectivity index (χ1n) is 19.9. The molecule has 1 aliphatic rings. The van der Waals surface area contributed by atoms with Crippen molar-refractivity contribution in [3.63, 3.8) is 0 Å². The molecule has 3 N–H and O–H groups in total. The summed E-state index contributed by atoms with van der Waals surface area (Å²) in [6.45, 7) is 6.26. The number of hydrogen-bond acceptors (Lipinski definition) is 8. The maximum absolute atomic E-state index is 13.5. The topological polar surface area (TPSA) is 152 Å². The number of benzene rings is 4. The second kappa shape index (κ2) is 21.4. The molecule has 4 aromatic carbocycles. The van der Waals surface area contributed by atoms with Crippen LogP contribution in [0.4, 0.5) is 14.4 Å². The van der Waals surface area contributed by atoms with Gasteiger partial charge in [0.05, 0.1) is 13.1 Å². The average molecular weight is 791 g/mol. The number of ketones is 1. The van der Waals surface area contributed by atoms with Crippen molar-refractivity contribution in [3.05, 3.63) is 131 Å². The van der Waals surface area contributed by atoms with Crippen LogP contribution in [-0.4, -0.2) is 79.8 Å². The van der Waals surface area contributed by atoms with Gasteiger partial charge in [-0.25, -0.2) is 14.4 Å². The summed E-state index contributed by atoms with van der Waals surface area (Å²) >= 11 is 0. The van der Waals surface area contributed by atoms with Gasteiger partial charge in [-0.15, -0.1) is 0 Å². The molecule has 0 saturated heterocycles. The first kappa shape index (κ1) is 43.0. The summed E-state index contributed by atoms with van der Waals surface area (Å²) in [6.07, 6.45) is -0.667. The summed E-state index contributed by atoms with van der Waals surface area (Å²) in [4.78, 5) is 65.6. The predicted molar refractivity (Wildman–Crippen MR) is 221 cm³/mol. The Hall–Kier alpha value is -6.17. The Morgan fingerprint density at radius 2 is 1.31 bits per heavy atom. The highest BCUT2D eigenvalue weighted by Gasteiger charge is 2.30. The standard InChI is InChI=1S/C46H54N4O8/c1-4-34(35-18-9-6-10-19-35)29-50(27-25-36(51)28-48-43(53)56-30-33-16-7-5-8-17-33)42(52)24-15-26-47-45(55)58-46(2,3)32-49-44(54)57-31-41-39-22-13-11-20-37(39)38-21-12-14-23-40(38)41/h5-14,16-23,34,41H,4,15,24-32H2,1-3H3,(H,47,55)(H,48,53)(H,49,54). The molecular weight excluding hydrogens is 737 g/mol. The van der Waals surface area contributed by atoms with Gasteiger partial charge >= 0.3 is 18.3 Å². The minimum absolute atomic E-state index is 0.0215. The molecule has 1 aliphatic carbocycles. The largest absolute Gasteiger partial charge is 0.449 e. The fourth-order valence-corrected chi connectivity index (χ4v) is 6.92. The van der Waals surface area contributed by atoms with Gasteiger partial charge in [-0.05, 0) is 60.1 Å². The van der Waals surface area contributed by atoms with Crippen LogP contribution in [0.25, 0.3) is 11.1 Å². The molecule has 0 aliphatic heterocycles. The van der Waals surface area contributed by atoms with Crippen LogP contribution in [0.5, 0.6) is 0 Å². The number of ether oxygens (including phenoxy) is 3. The fourth-order valence-electron chi connectivity index (χ4n) is 6.92. The Kier molecular flexibility index (Phi) is 15.8. The molecule has 5 rings (SSSR count). The quantitative estimate of drug-likeness (QED) is 0.0608. The zero-order valence-electron chi connectivity index (χ0n) is 33.5. The van der Waals surface area contributed by atoms with E-state index in [0.717, 1.165) is 39.8 Å². The van der Waals surface area contributed by atoms with E-state index in [1.807, 2.05) is 84.9 Å². The minimum atomic E-state index is -1.05.